The van der Waals surface area contributed by atoms with Crippen LogP contribution in [-0.4, -0.2) is 18.1 Å². The van der Waals surface area contributed by atoms with Crippen LogP contribution in [-0.2, 0) is 9.53 Å². The van der Waals surface area contributed by atoms with Gasteiger partial charge in [0.05, 0.1) is 0 Å². The van der Waals surface area contributed by atoms with Gasteiger partial charge >= 0.3 is 5.97 Å². The molecule has 4 heteroatoms. The average molecular weight is 237 g/mol. The van der Waals surface area contributed by atoms with Crippen LogP contribution in [0, 0.1) is 5.82 Å². The van der Waals surface area contributed by atoms with Gasteiger partial charge in [0.25, 0.3) is 0 Å². The zero-order valence-electron chi connectivity index (χ0n) is 9.94. The summed E-state index contributed by atoms with van der Waals surface area (Å²) in [5.41, 5.74) is 0.831. The van der Waals surface area contributed by atoms with E-state index in [1.54, 1.807) is 6.07 Å². The van der Waals surface area contributed by atoms with Gasteiger partial charge in [-0.1, -0.05) is 12.1 Å². The highest BCUT2D eigenvalue weighted by atomic mass is 19.1. The Morgan fingerprint density at radius 3 is 2.88 bits per heavy atom. The molecule has 0 aromatic heterocycles. The molecule has 0 spiro atoms. The van der Waals surface area contributed by atoms with E-state index < -0.39 is 0 Å². The van der Waals surface area contributed by atoms with E-state index in [0.717, 1.165) is 5.56 Å². The largest absolute Gasteiger partial charge is 0.461 e. The maximum Gasteiger partial charge on any atom is 0.323 e. The molecule has 0 amide bonds. The van der Waals surface area contributed by atoms with Crippen molar-refractivity contribution >= 4 is 5.97 Å². The fourth-order valence-corrected chi connectivity index (χ4v) is 2.07. The van der Waals surface area contributed by atoms with Crippen molar-refractivity contribution in [2.24, 2.45) is 0 Å². The summed E-state index contributed by atoms with van der Waals surface area (Å²) >= 11 is 0. The first-order valence-corrected chi connectivity index (χ1v) is 5.78. The lowest BCUT2D eigenvalue weighted by Crippen LogP contribution is -2.35. The molecule has 0 radical (unpaired) electrons. The van der Waals surface area contributed by atoms with Crippen molar-refractivity contribution in [2.45, 2.75) is 38.5 Å². The molecule has 92 valence electrons. The molecule has 3 nitrogen and oxygen atoms in total. The van der Waals surface area contributed by atoms with E-state index in [4.69, 9.17) is 4.74 Å². The number of hydrogen-bond acceptors (Lipinski definition) is 3. The molecular weight excluding hydrogens is 221 g/mol. The summed E-state index contributed by atoms with van der Waals surface area (Å²) in [7, 11) is 0. The van der Waals surface area contributed by atoms with Crippen LogP contribution >= 0.6 is 0 Å². The lowest BCUT2D eigenvalue weighted by Gasteiger charge is -2.17. The van der Waals surface area contributed by atoms with Crippen molar-refractivity contribution in [1.82, 2.24) is 5.32 Å². The molecule has 0 aliphatic carbocycles. The quantitative estimate of drug-likeness (QED) is 0.819. The molecule has 1 aromatic rings. The lowest BCUT2D eigenvalue weighted by atomic mass is 10.1. The van der Waals surface area contributed by atoms with Gasteiger partial charge in [0, 0.05) is 12.5 Å². The second-order valence-corrected chi connectivity index (χ2v) is 4.48. The van der Waals surface area contributed by atoms with Gasteiger partial charge < -0.3 is 4.74 Å². The molecule has 1 aromatic carbocycles. The Morgan fingerprint density at radius 2 is 2.29 bits per heavy atom. The third-order valence-corrected chi connectivity index (χ3v) is 2.97. The summed E-state index contributed by atoms with van der Waals surface area (Å²) in [5, 5.41) is 3.16. The van der Waals surface area contributed by atoms with Crippen molar-refractivity contribution in [1.29, 1.82) is 0 Å². The van der Waals surface area contributed by atoms with Crippen molar-refractivity contribution in [3.8, 4) is 0 Å². The minimum atomic E-state index is -0.289. The summed E-state index contributed by atoms with van der Waals surface area (Å²) in [5.74, 6) is -0.487. The number of rotatable bonds is 3. The van der Waals surface area contributed by atoms with Gasteiger partial charge in [-0.15, -0.1) is 0 Å². The predicted molar refractivity (Wildman–Crippen MR) is 61.9 cm³/mol. The Bertz CT molecular complexity index is 422. The Hall–Kier alpha value is -1.42. The van der Waals surface area contributed by atoms with E-state index in [9.17, 15) is 9.18 Å². The summed E-state index contributed by atoms with van der Waals surface area (Å²) in [6.45, 7) is 3.78. The summed E-state index contributed by atoms with van der Waals surface area (Å²) < 4.78 is 18.1. The molecular formula is C13H16FNO2. The van der Waals surface area contributed by atoms with Crippen LogP contribution in [0.15, 0.2) is 24.3 Å². The molecule has 17 heavy (non-hydrogen) atoms. The minimum Gasteiger partial charge on any atom is -0.461 e. The van der Waals surface area contributed by atoms with Gasteiger partial charge in [0.2, 0.25) is 0 Å². The first kappa shape index (κ1) is 12.0. The van der Waals surface area contributed by atoms with Crippen LogP contribution in [0.4, 0.5) is 4.39 Å². The van der Waals surface area contributed by atoms with E-state index in [2.05, 4.69) is 5.32 Å². The van der Waals surface area contributed by atoms with E-state index >= 15 is 0 Å². The Balaban J connectivity index is 2.02. The van der Waals surface area contributed by atoms with E-state index in [1.807, 2.05) is 19.9 Å². The maximum atomic E-state index is 13.1. The Kier molecular flexibility index (Phi) is 3.43. The van der Waals surface area contributed by atoms with E-state index in [-0.39, 0.29) is 30.0 Å². The van der Waals surface area contributed by atoms with Crippen LogP contribution in [0.2, 0.25) is 0 Å². The van der Waals surface area contributed by atoms with E-state index in [1.165, 1.54) is 12.1 Å². The van der Waals surface area contributed by atoms with Gasteiger partial charge in [-0.25, -0.2) is 4.39 Å². The topological polar surface area (TPSA) is 38.3 Å². The van der Waals surface area contributed by atoms with Crippen molar-refractivity contribution in [3.63, 3.8) is 0 Å². The highest BCUT2D eigenvalue weighted by molar-refractivity contribution is 5.78. The summed E-state index contributed by atoms with van der Waals surface area (Å²) in [6.07, 6.45) is 0.623. The minimum absolute atomic E-state index is 0.0419. The fraction of sp³-hybridized carbons (Fsp3) is 0.462. The monoisotopic (exact) mass is 237 g/mol. The van der Waals surface area contributed by atoms with Crippen LogP contribution < -0.4 is 5.32 Å². The SMILES string of the molecule is C[C@@H]1C[C@@H](N[C@H](C)c2cccc(F)c2)C(=O)O1. The molecule has 0 saturated carbocycles. The number of esters is 1. The van der Waals surface area contributed by atoms with E-state index in [0.29, 0.717) is 6.42 Å². The molecule has 1 saturated heterocycles. The van der Waals surface area contributed by atoms with Crippen molar-refractivity contribution in [2.75, 3.05) is 0 Å². The number of hydrogen-bond donors (Lipinski definition) is 1. The zero-order valence-corrected chi connectivity index (χ0v) is 9.94. The Morgan fingerprint density at radius 1 is 1.53 bits per heavy atom. The number of benzene rings is 1. The molecule has 2 rings (SSSR count). The van der Waals surface area contributed by atoms with Gasteiger partial charge in [0.1, 0.15) is 18.0 Å². The zero-order chi connectivity index (χ0) is 12.4. The van der Waals surface area contributed by atoms with Crippen LogP contribution in [0.25, 0.3) is 0 Å². The first-order chi connectivity index (χ1) is 8.06. The van der Waals surface area contributed by atoms with Gasteiger partial charge in [-0.05, 0) is 31.5 Å². The third-order valence-electron chi connectivity index (χ3n) is 2.97. The highest BCUT2D eigenvalue weighted by Gasteiger charge is 2.32. The highest BCUT2D eigenvalue weighted by Crippen LogP contribution is 2.19. The second kappa shape index (κ2) is 4.84. The standard InChI is InChI=1S/C13H16FNO2/c1-8-6-12(13(16)17-8)15-9(2)10-4-3-5-11(14)7-10/h3-5,7-9,12,15H,6H2,1-2H3/t8-,9-,12-/m1/s1. The maximum absolute atomic E-state index is 13.1. The second-order valence-electron chi connectivity index (χ2n) is 4.48. The molecule has 1 heterocycles. The molecule has 0 bridgehead atoms. The van der Waals surface area contributed by atoms with Crippen LogP contribution in [0.1, 0.15) is 31.9 Å². The summed E-state index contributed by atoms with van der Waals surface area (Å²) in [4.78, 5) is 11.5. The van der Waals surface area contributed by atoms with Gasteiger partial charge in [-0.2, -0.15) is 0 Å². The number of cyclic esters (lactones) is 1. The number of carbonyl (C=O) groups is 1. The Labute approximate surface area is 100.0 Å². The predicted octanol–water partition coefficient (Wildman–Crippen LogP) is 2.18. The van der Waals surface area contributed by atoms with Crippen molar-refractivity contribution < 1.29 is 13.9 Å². The summed E-state index contributed by atoms with van der Waals surface area (Å²) in [6, 6.07) is 6.02. The molecule has 1 aliphatic heterocycles. The van der Waals surface area contributed by atoms with Crippen molar-refractivity contribution in [3.05, 3.63) is 35.6 Å². The lowest BCUT2D eigenvalue weighted by molar-refractivity contribution is -0.142. The average Bonchev–Trinajstić information content (AvgIpc) is 2.57. The normalized spacial score (nSPS) is 25.7. The smallest absolute Gasteiger partial charge is 0.323 e. The van der Waals surface area contributed by atoms with Crippen LogP contribution in [0.3, 0.4) is 0 Å². The molecule has 1 fully saturated rings. The molecule has 0 unspecified atom stereocenters. The molecule has 1 N–H and O–H groups in total. The number of ether oxygens (including phenoxy) is 1. The van der Waals surface area contributed by atoms with Gasteiger partial charge in [-0.3, -0.25) is 10.1 Å². The third kappa shape index (κ3) is 2.82. The molecule has 3 atom stereocenters. The molecule has 1 aliphatic rings. The fourth-order valence-electron chi connectivity index (χ4n) is 2.07. The van der Waals surface area contributed by atoms with Crippen LogP contribution in [0.5, 0.6) is 0 Å². The number of carbonyl (C=O) groups excluding carboxylic acids is 1. The first-order valence-electron chi connectivity index (χ1n) is 5.78. The number of halogens is 1. The number of nitrogens with one attached hydrogen (secondary N) is 1. The van der Waals surface area contributed by atoms with Gasteiger partial charge in [0.15, 0.2) is 0 Å².